The Kier molecular flexibility index (Phi) is 5.09. The highest BCUT2D eigenvalue weighted by molar-refractivity contribution is 6.01. The van der Waals surface area contributed by atoms with Crippen molar-refractivity contribution >= 4 is 17.8 Å². The molecule has 1 unspecified atom stereocenters. The van der Waals surface area contributed by atoms with Crippen molar-refractivity contribution in [3.05, 3.63) is 66.6 Å². The fourth-order valence-electron chi connectivity index (χ4n) is 2.42. The summed E-state index contributed by atoms with van der Waals surface area (Å²) in [6, 6.07) is 11.9. The molecule has 2 heterocycles. The summed E-state index contributed by atoms with van der Waals surface area (Å²) >= 11 is 0. The summed E-state index contributed by atoms with van der Waals surface area (Å²) in [5, 5.41) is 11.4. The van der Waals surface area contributed by atoms with Gasteiger partial charge in [0.1, 0.15) is 5.82 Å². The van der Waals surface area contributed by atoms with E-state index in [1.807, 2.05) is 41.2 Å². The van der Waals surface area contributed by atoms with Crippen molar-refractivity contribution in [2.24, 2.45) is 0 Å². The van der Waals surface area contributed by atoms with E-state index in [4.69, 9.17) is 0 Å². The largest absolute Gasteiger partial charge is 0.307 e. The number of para-hydroxylation sites is 1. The Balaban J connectivity index is 1.66. The highest BCUT2D eigenvalue weighted by Gasteiger charge is 2.09. The maximum Gasteiger partial charge on any atom is 0.249 e. The lowest BCUT2D eigenvalue weighted by atomic mass is 10.3. The van der Waals surface area contributed by atoms with Gasteiger partial charge in [0.2, 0.25) is 5.91 Å². The molecular weight excluding hydrogens is 314 g/mol. The van der Waals surface area contributed by atoms with Gasteiger partial charge in [0.25, 0.3) is 0 Å². The number of benzene rings is 1. The topological polar surface area (TPSA) is 64.7 Å². The van der Waals surface area contributed by atoms with Crippen molar-refractivity contribution in [1.29, 1.82) is 0 Å². The number of amides is 1. The average molecular weight is 335 g/mol. The lowest BCUT2D eigenvalue weighted by Crippen LogP contribution is -2.15. The normalized spacial score (nSPS) is 12.4. The number of carbonyl (C=O) groups excluding carboxylic acids is 1. The second-order valence-electron chi connectivity index (χ2n) is 5.79. The van der Waals surface area contributed by atoms with Crippen molar-refractivity contribution in [3.8, 4) is 5.69 Å². The second kappa shape index (κ2) is 7.61. The zero-order valence-corrected chi connectivity index (χ0v) is 14.3. The van der Waals surface area contributed by atoms with Crippen LogP contribution in [-0.2, 0) is 4.79 Å². The van der Waals surface area contributed by atoms with E-state index in [1.54, 1.807) is 29.2 Å². The minimum absolute atomic E-state index is 0.197. The maximum absolute atomic E-state index is 12.2. The number of hydrogen-bond donors (Lipinski definition) is 1. The molecule has 128 valence electrons. The lowest BCUT2D eigenvalue weighted by molar-refractivity contribution is -0.111. The second-order valence-corrected chi connectivity index (χ2v) is 5.79. The Bertz CT molecular complexity index is 863. The summed E-state index contributed by atoms with van der Waals surface area (Å²) in [5.74, 6) is 0.501. The molecule has 0 fully saturated rings. The summed E-state index contributed by atoms with van der Waals surface area (Å²) in [6.07, 6.45) is 9.48. The minimum atomic E-state index is -0.197. The Morgan fingerprint density at radius 2 is 2.04 bits per heavy atom. The average Bonchev–Trinajstić information content (AvgIpc) is 3.29. The Morgan fingerprint density at radius 1 is 1.24 bits per heavy atom. The Labute approximate surface area is 146 Å². The van der Waals surface area contributed by atoms with Crippen LogP contribution >= 0.6 is 0 Å². The maximum atomic E-state index is 12.2. The first-order valence-corrected chi connectivity index (χ1v) is 8.30. The van der Waals surface area contributed by atoms with Crippen LogP contribution in [0.2, 0.25) is 0 Å². The van der Waals surface area contributed by atoms with Crippen LogP contribution in [0.5, 0.6) is 0 Å². The third-order valence-electron chi connectivity index (χ3n) is 3.98. The molecule has 3 aromatic rings. The van der Waals surface area contributed by atoms with Gasteiger partial charge in [0.05, 0.1) is 24.1 Å². The van der Waals surface area contributed by atoms with Crippen LogP contribution in [-0.4, -0.2) is 25.5 Å². The van der Waals surface area contributed by atoms with Crippen molar-refractivity contribution in [3.63, 3.8) is 0 Å². The summed E-state index contributed by atoms with van der Waals surface area (Å²) in [6.45, 7) is 4.15. The lowest BCUT2D eigenvalue weighted by Gasteiger charge is -2.13. The van der Waals surface area contributed by atoms with Gasteiger partial charge in [0.15, 0.2) is 0 Å². The zero-order chi connectivity index (χ0) is 17.6. The molecule has 1 N–H and O–H groups in total. The van der Waals surface area contributed by atoms with Gasteiger partial charge in [0, 0.05) is 23.9 Å². The number of carbonyl (C=O) groups is 1. The van der Waals surface area contributed by atoms with E-state index in [2.05, 4.69) is 29.4 Å². The molecular formula is C19H21N5O. The molecule has 25 heavy (non-hydrogen) atoms. The SMILES string of the molecule is CCC(C)n1nccc1NC(=O)/C=C/c1cnn(-c2ccccc2)c1. The van der Waals surface area contributed by atoms with E-state index in [9.17, 15) is 4.79 Å². The third kappa shape index (κ3) is 4.03. The van der Waals surface area contributed by atoms with Crippen LogP contribution in [0.3, 0.4) is 0 Å². The van der Waals surface area contributed by atoms with Gasteiger partial charge in [-0.2, -0.15) is 10.2 Å². The molecule has 0 aliphatic carbocycles. The van der Waals surface area contributed by atoms with E-state index in [0.29, 0.717) is 5.82 Å². The molecule has 1 amide bonds. The van der Waals surface area contributed by atoms with Gasteiger partial charge in [-0.25, -0.2) is 9.36 Å². The van der Waals surface area contributed by atoms with Crippen molar-refractivity contribution in [2.75, 3.05) is 5.32 Å². The van der Waals surface area contributed by atoms with Crippen LogP contribution < -0.4 is 5.32 Å². The molecule has 0 saturated carbocycles. The van der Waals surface area contributed by atoms with Gasteiger partial charge >= 0.3 is 0 Å². The molecule has 2 aromatic heterocycles. The number of anilines is 1. The van der Waals surface area contributed by atoms with Gasteiger partial charge in [-0.3, -0.25) is 4.79 Å². The predicted molar refractivity (Wildman–Crippen MR) is 98.5 cm³/mol. The highest BCUT2D eigenvalue weighted by atomic mass is 16.1. The quantitative estimate of drug-likeness (QED) is 0.699. The third-order valence-corrected chi connectivity index (χ3v) is 3.98. The minimum Gasteiger partial charge on any atom is -0.307 e. The summed E-state index contributed by atoms with van der Waals surface area (Å²) < 4.78 is 3.59. The fourth-order valence-corrected chi connectivity index (χ4v) is 2.42. The smallest absolute Gasteiger partial charge is 0.249 e. The van der Waals surface area contributed by atoms with Gasteiger partial charge in [-0.15, -0.1) is 0 Å². The van der Waals surface area contributed by atoms with Crippen molar-refractivity contribution < 1.29 is 4.79 Å². The Morgan fingerprint density at radius 3 is 2.80 bits per heavy atom. The van der Waals surface area contributed by atoms with E-state index >= 15 is 0 Å². The summed E-state index contributed by atoms with van der Waals surface area (Å²) in [7, 11) is 0. The first kappa shape index (κ1) is 16.7. The van der Waals surface area contributed by atoms with Crippen molar-refractivity contribution in [1.82, 2.24) is 19.6 Å². The molecule has 6 heteroatoms. The van der Waals surface area contributed by atoms with Crippen LogP contribution in [0.25, 0.3) is 11.8 Å². The molecule has 3 rings (SSSR count). The number of nitrogens with zero attached hydrogens (tertiary/aromatic N) is 4. The van der Waals surface area contributed by atoms with Crippen LogP contribution in [0.1, 0.15) is 31.9 Å². The molecule has 6 nitrogen and oxygen atoms in total. The summed E-state index contributed by atoms with van der Waals surface area (Å²) in [5.41, 5.74) is 1.83. The number of nitrogens with one attached hydrogen (secondary N) is 1. The number of rotatable bonds is 6. The van der Waals surface area contributed by atoms with E-state index in [0.717, 1.165) is 17.7 Å². The molecule has 1 aromatic carbocycles. The highest BCUT2D eigenvalue weighted by Crippen LogP contribution is 2.16. The molecule has 0 radical (unpaired) electrons. The summed E-state index contributed by atoms with van der Waals surface area (Å²) in [4.78, 5) is 12.2. The van der Waals surface area contributed by atoms with E-state index in [1.165, 1.54) is 6.08 Å². The van der Waals surface area contributed by atoms with E-state index < -0.39 is 0 Å². The number of aromatic nitrogens is 4. The fraction of sp³-hybridized carbons (Fsp3) is 0.211. The predicted octanol–water partition coefficient (Wildman–Crippen LogP) is 3.69. The first-order chi connectivity index (χ1) is 12.2. The van der Waals surface area contributed by atoms with Gasteiger partial charge in [-0.1, -0.05) is 25.1 Å². The van der Waals surface area contributed by atoms with Crippen LogP contribution in [0.4, 0.5) is 5.82 Å². The standard InChI is InChI=1S/C19H21N5O/c1-3-15(2)24-18(11-12-20-24)22-19(25)10-9-16-13-21-23(14-16)17-7-5-4-6-8-17/h4-15H,3H2,1-2H3,(H,22,25)/b10-9+. The van der Waals surface area contributed by atoms with E-state index in [-0.39, 0.29) is 11.9 Å². The number of hydrogen-bond acceptors (Lipinski definition) is 3. The van der Waals surface area contributed by atoms with Gasteiger partial charge < -0.3 is 5.32 Å². The van der Waals surface area contributed by atoms with Crippen LogP contribution in [0.15, 0.2) is 61.1 Å². The monoisotopic (exact) mass is 335 g/mol. The first-order valence-electron chi connectivity index (χ1n) is 8.30. The van der Waals surface area contributed by atoms with Gasteiger partial charge in [-0.05, 0) is 31.6 Å². The molecule has 0 aliphatic heterocycles. The molecule has 1 atom stereocenters. The molecule has 0 saturated heterocycles. The Hall–Kier alpha value is -3.15. The zero-order valence-electron chi connectivity index (χ0n) is 14.3. The molecule has 0 bridgehead atoms. The van der Waals surface area contributed by atoms with Crippen LogP contribution in [0, 0.1) is 0 Å². The molecule has 0 aliphatic rings. The van der Waals surface area contributed by atoms with Crippen molar-refractivity contribution in [2.45, 2.75) is 26.3 Å². The molecule has 0 spiro atoms.